The molecule has 2 heterocycles. The van der Waals surface area contributed by atoms with E-state index in [4.69, 9.17) is 11.6 Å². The Balaban J connectivity index is 1.62. The molecule has 0 radical (unpaired) electrons. The van der Waals surface area contributed by atoms with Crippen LogP contribution in [0.4, 0.5) is 11.5 Å². The number of aromatic nitrogens is 3. The van der Waals surface area contributed by atoms with Gasteiger partial charge in [-0.15, -0.1) is 0 Å². The molecule has 0 saturated carbocycles. The average Bonchev–Trinajstić information content (AvgIpc) is 2.63. The molecule has 0 atom stereocenters. The maximum atomic E-state index is 12.1. The molecule has 3 rings (SSSR count). The summed E-state index contributed by atoms with van der Waals surface area (Å²) in [6.45, 7) is 2.33. The third-order valence-corrected chi connectivity index (χ3v) is 3.75. The van der Waals surface area contributed by atoms with Crippen LogP contribution in [0, 0.1) is 6.92 Å². The smallest absolute Gasteiger partial charge is 0.271 e. The van der Waals surface area contributed by atoms with Crippen molar-refractivity contribution in [3.63, 3.8) is 0 Å². The number of nitrogens with zero attached hydrogens (tertiary/aromatic N) is 3. The quantitative estimate of drug-likeness (QED) is 0.733. The lowest BCUT2D eigenvalue weighted by molar-refractivity contribution is 0.0945. The van der Waals surface area contributed by atoms with Gasteiger partial charge in [-0.25, -0.2) is 9.97 Å². The molecule has 0 aliphatic carbocycles. The molecule has 0 aliphatic heterocycles. The van der Waals surface area contributed by atoms with Crippen LogP contribution in [0.3, 0.4) is 0 Å². The summed E-state index contributed by atoms with van der Waals surface area (Å²) in [5, 5.41) is 6.61. The van der Waals surface area contributed by atoms with E-state index < -0.39 is 0 Å². The largest absolute Gasteiger partial charge is 0.347 e. The average molecular weight is 354 g/mol. The van der Waals surface area contributed by atoms with Gasteiger partial charge in [0, 0.05) is 29.6 Å². The van der Waals surface area contributed by atoms with Crippen LogP contribution in [0.5, 0.6) is 0 Å². The van der Waals surface area contributed by atoms with Gasteiger partial charge in [0.2, 0.25) is 0 Å². The molecule has 1 amide bonds. The van der Waals surface area contributed by atoms with E-state index in [2.05, 4.69) is 25.6 Å². The minimum Gasteiger partial charge on any atom is -0.347 e. The van der Waals surface area contributed by atoms with Gasteiger partial charge < -0.3 is 10.6 Å². The highest BCUT2D eigenvalue weighted by molar-refractivity contribution is 6.30. The first-order chi connectivity index (χ1) is 12.1. The second-order valence-electron chi connectivity index (χ2n) is 5.42. The van der Waals surface area contributed by atoms with E-state index in [1.165, 1.54) is 12.4 Å². The molecule has 3 aromatic rings. The fraction of sp³-hybridized carbons (Fsp3) is 0.111. The Morgan fingerprint density at radius 2 is 2.04 bits per heavy atom. The second kappa shape index (κ2) is 7.72. The lowest BCUT2D eigenvalue weighted by Crippen LogP contribution is -2.24. The van der Waals surface area contributed by atoms with E-state index in [0.29, 0.717) is 17.4 Å². The van der Waals surface area contributed by atoms with E-state index in [9.17, 15) is 4.79 Å². The number of pyridine rings is 1. The van der Waals surface area contributed by atoms with Gasteiger partial charge in [0.15, 0.2) is 0 Å². The van der Waals surface area contributed by atoms with E-state index in [-0.39, 0.29) is 11.6 Å². The first kappa shape index (κ1) is 16.9. The first-order valence-corrected chi connectivity index (χ1v) is 8.02. The highest BCUT2D eigenvalue weighted by Gasteiger charge is 2.08. The van der Waals surface area contributed by atoms with Gasteiger partial charge in [-0.05, 0) is 42.3 Å². The van der Waals surface area contributed by atoms with Crippen molar-refractivity contribution in [1.82, 2.24) is 20.3 Å². The Hall–Kier alpha value is -2.99. The molecule has 0 aliphatic rings. The molecule has 0 unspecified atom stereocenters. The normalized spacial score (nSPS) is 10.3. The van der Waals surface area contributed by atoms with Crippen molar-refractivity contribution < 1.29 is 4.79 Å². The summed E-state index contributed by atoms with van der Waals surface area (Å²) in [6.07, 6.45) is 6.34. The zero-order valence-corrected chi connectivity index (χ0v) is 14.3. The van der Waals surface area contributed by atoms with Crippen LogP contribution in [-0.4, -0.2) is 20.9 Å². The fourth-order valence-corrected chi connectivity index (χ4v) is 2.42. The number of benzene rings is 1. The molecule has 0 bridgehead atoms. The summed E-state index contributed by atoms with van der Waals surface area (Å²) in [6, 6.07) is 9.23. The van der Waals surface area contributed by atoms with Crippen LogP contribution in [0.2, 0.25) is 5.02 Å². The lowest BCUT2D eigenvalue weighted by atomic mass is 10.2. The van der Waals surface area contributed by atoms with E-state index >= 15 is 0 Å². The summed E-state index contributed by atoms with van der Waals surface area (Å²) in [4.78, 5) is 24.5. The van der Waals surface area contributed by atoms with Gasteiger partial charge in [0.05, 0.1) is 12.4 Å². The zero-order valence-electron chi connectivity index (χ0n) is 13.5. The topological polar surface area (TPSA) is 79.8 Å². The van der Waals surface area contributed by atoms with Crippen molar-refractivity contribution in [1.29, 1.82) is 0 Å². The number of carbonyl (C=O) groups excluding carboxylic acids is 1. The number of amides is 1. The Labute approximate surface area is 150 Å². The molecule has 0 saturated heterocycles. The van der Waals surface area contributed by atoms with Crippen LogP contribution in [-0.2, 0) is 6.54 Å². The Bertz CT molecular complexity index is 868. The zero-order chi connectivity index (χ0) is 17.6. The Morgan fingerprint density at radius 1 is 1.16 bits per heavy atom. The van der Waals surface area contributed by atoms with Crippen molar-refractivity contribution in [2.45, 2.75) is 13.5 Å². The number of anilines is 2. The minimum atomic E-state index is -0.287. The second-order valence-corrected chi connectivity index (χ2v) is 5.85. The first-order valence-electron chi connectivity index (χ1n) is 7.64. The van der Waals surface area contributed by atoms with Gasteiger partial charge in [-0.3, -0.25) is 9.78 Å². The van der Waals surface area contributed by atoms with Gasteiger partial charge in [-0.2, -0.15) is 0 Å². The number of nitrogens with one attached hydrogen (secondary N) is 2. The summed E-state index contributed by atoms with van der Waals surface area (Å²) in [5.41, 5.74) is 3.04. The van der Waals surface area contributed by atoms with Crippen LogP contribution in [0.25, 0.3) is 0 Å². The number of carbonyl (C=O) groups is 1. The Kier molecular flexibility index (Phi) is 5.20. The molecule has 25 heavy (non-hydrogen) atoms. The maximum absolute atomic E-state index is 12.1. The van der Waals surface area contributed by atoms with Crippen molar-refractivity contribution >= 4 is 29.0 Å². The SMILES string of the molecule is Cc1cc(Cl)ccc1Nc1cnc(C(=O)NCc2cccnc2)cn1. The molecule has 7 heteroatoms. The van der Waals surface area contributed by atoms with Crippen molar-refractivity contribution in [2.24, 2.45) is 0 Å². The standard InChI is InChI=1S/C18H16ClN5O/c1-12-7-14(19)4-5-15(12)24-17-11-21-16(10-22-17)18(25)23-9-13-3-2-6-20-8-13/h2-8,10-11H,9H2,1H3,(H,22,24)(H,23,25). The summed E-state index contributed by atoms with van der Waals surface area (Å²) < 4.78 is 0. The van der Waals surface area contributed by atoms with Gasteiger partial charge >= 0.3 is 0 Å². The van der Waals surface area contributed by atoms with Crippen LogP contribution >= 0.6 is 11.6 Å². The molecular formula is C18H16ClN5O. The Morgan fingerprint density at radius 3 is 2.72 bits per heavy atom. The van der Waals surface area contributed by atoms with E-state index in [1.54, 1.807) is 18.5 Å². The molecule has 2 N–H and O–H groups in total. The van der Waals surface area contributed by atoms with Crippen molar-refractivity contribution in [2.75, 3.05) is 5.32 Å². The number of hydrogen-bond donors (Lipinski definition) is 2. The monoisotopic (exact) mass is 353 g/mol. The van der Waals surface area contributed by atoms with Crippen LogP contribution in [0.15, 0.2) is 55.1 Å². The summed E-state index contributed by atoms with van der Waals surface area (Å²) in [5.74, 6) is 0.264. The number of rotatable bonds is 5. The molecule has 2 aromatic heterocycles. The molecule has 6 nitrogen and oxygen atoms in total. The number of aryl methyl sites for hydroxylation is 1. The predicted molar refractivity (Wildman–Crippen MR) is 96.9 cm³/mol. The van der Waals surface area contributed by atoms with Crippen molar-refractivity contribution in [3.8, 4) is 0 Å². The highest BCUT2D eigenvalue weighted by atomic mass is 35.5. The number of halogens is 1. The minimum absolute atomic E-state index is 0.252. The predicted octanol–water partition coefficient (Wildman–Crippen LogP) is 3.51. The van der Waals surface area contributed by atoms with E-state index in [1.807, 2.05) is 31.2 Å². The molecular weight excluding hydrogens is 338 g/mol. The van der Waals surface area contributed by atoms with Gasteiger partial charge in [0.1, 0.15) is 11.5 Å². The fourth-order valence-electron chi connectivity index (χ4n) is 2.19. The van der Waals surface area contributed by atoms with Gasteiger partial charge in [-0.1, -0.05) is 17.7 Å². The molecule has 0 spiro atoms. The molecule has 0 fully saturated rings. The maximum Gasteiger partial charge on any atom is 0.271 e. The van der Waals surface area contributed by atoms with Crippen molar-refractivity contribution in [3.05, 3.63) is 77.0 Å². The van der Waals surface area contributed by atoms with E-state index in [0.717, 1.165) is 16.8 Å². The van der Waals surface area contributed by atoms with Crippen LogP contribution in [0.1, 0.15) is 21.6 Å². The third-order valence-electron chi connectivity index (χ3n) is 3.51. The van der Waals surface area contributed by atoms with Gasteiger partial charge in [0.25, 0.3) is 5.91 Å². The number of hydrogen-bond acceptors (Lipinski definition) is 5. The summed E-state index contributed by atoms with van der Waals surface area (Å²) >= 11 is 5.95. The lowest BCUT2D eigenvalue weighted by Gasteiger charge is -2.09. The third kappa shape index (κ3) is 4.51. The van der Waals surface area contributed by atoms with Crippen LogP contribution < -0.4 is 10.6 Å². The summed E-state index contributed by atoms with van der Waals surface area (Å²) in [7, 11) is 0. The molecule has 1 aromatic carbocycles. The highest BCUT2D eigenvalue weighted by Crippen LogP contribution is 2.22. The molecule has 126 valence electrons.